The van der Waals surface area contributed by atoms with Crippen LogP contribution in [-0.2, 0) is 11.8 Å². The summed E-state index contributed by atoms with van der Waals surface area (Å²) in [4.78, 5) is 10.8. The molecule has 1 aliphatic rings. The number of hydrogen-bond donors (Lipinski definition) is 3. The molecule has 1 aliphatic heterocycles. The lowest BCUT2D eigenvalue weighted by Gasteiger charge is -2.10. The van der Waals surface area contributed by atoms with E-state index < -0.39 is 5.97 Å². The van der Waals surface area contributed by atoms with Crippen LogP contribution in [0.15, 0.2) is 24.3 Å². The van der Waals surface area contributed by atoms with E-state index in [-0.39, 0.29) is 18.5 Å². The van der Waals surface area contributed by atoms with E-state index in [0.29, 0.717) is 0 Å². The van der Waals surface area contributed by atoms with Gasteiger partial charge in [-0.3, -0.25) is 10.2 Å². The second kappa shape index (κ2) is 4.92. The van der Waals surface area contributed by atoms with Crippen LogP contribution < -0.4 is 10.9 Å². The average Bonchev–Trinajstić information content (AvgIpc) is 2.94. The van der Waals surface area contributed by atoms with E-state index >= 15 is 0 Å². The molecule has 2 unspecified atom stereocenters. The number of nitrogens with one attached hydrogen (secondary N) is 2. The van der Waals surface area contributed by atoms with Crippen molar-refractivity contribution in [1.82, 2.24) is 15.4 Å². The number of aromatic nitrogens is 1. The predicted octanol–water partition coefficient (Wildman–Crippen LogP) is 1.87. The summed E-state index contributed by atoms with van der Waals surface area (Å²) in [7, 11) is 2.07. The summed E-state index contributed by atoms with van der Waals surface area (Å²) in [6.45, 7) is 2.11. The van der Waals surface area contributed by atoms with Crippen LogP contribution in [0.3, 0.4) is 0 Å². The standard InChI is InChI=1S/C15H19N3O2/c1-9-15(11-5-3-4-6-13(11)18(9)2)12-7-10(16-17-12)8-14(19)20/h3-6,10,12,16-17H,7-8H2,1-2H3,(H,19,20). The zero-order valence-corrected chi connectivity index (χ0v) is 11.7. The molecule has 1 aromatic heterocycles. The number of carbonyl (C=O) groups is 1. The fourth-order valence-electron chi connectivity index (χ4n) is 3.15. The second-order valence-electron chi connectivity index (χ2n) is 5.45. The quantitative estimate of drug-likeness (QED) is 0.798. The summed E-state index contributed by atoms with van der Waals surface area (Å²) in [6.07, 6.45) is 0.939. The fraction of sp³-hybridized carbons (Fsp3) is 0.400. The number of aliphatic carboxylic acids is 1. The smallest absolute Gasteiger partial charge is 0.304 e. The van der Waals surface area contributed by atoms with E-state index in [2.05, 4.69) is 41.5 Å². The van der Waals surface area contributed by atoms with Crippen LogP contribution in [0, 0.1) is 6.92 Å². The summed E-state index contributed by atoms with van der Waals surface area (Å²) in [6, 6.07) is 8.47. The van der Waals surface area contributed by atoms with Gasteiger partial charge in [-0.2, -0.15) is 0 Å². The molecule has 3 rings (SSSR count). The molecule has 20 heavy (non-hydrogen) atoms. The number of benzene rings is 1. The molecule has 0 radical (unpaired) electrons. The molecule has 3 N–H and O–H groups in total. The number of hydrazine groups is 1. The third kappa shape index (κ3) is 2.09. The summed E-state index contributed by atoms with van der Waals surface area (Å²) < 4.78 is 2.19. The van der Waals surface area contributed by atoms with Crippen molar-refractivity contribution in [3.63, 3.8) is 0 Å². The number of para-hydroxylation sites is 1. The summed E-state index contributed by atoms with van der Waals surface area (Å²) in [5, 5.41) is 10.1. The second-order valence-corrected chi connectivity index (χ2v) is 5.45. The van der Waals surface area contributed by atoms with Gasteiger partial charge in [0.2, 0.25) is 0 Å². The monoisotopic (exact) mass is 273 g/mol. The zero-order valence-electron chi connectivity index (χ0n) is 11.7. The van der Waals surface area contributed by atoms with Crippen molar-refractivity contribution in [1.29, 1.82) is 0 Å². The van der Waals surface area contributed by atoms with Crippen molar-refractivity contribution in [2.24, 2.45) is 7.05 Å². The molecule has 5 heteroatoms. The summed E-state index contributed by atoms with van der Waals surface area (Å²) in [5.74, 6) is -0.764. The van der Waals surface area contributed by atoms with Gasteiger partial charge in [-0.05, 0) is 25.0 Å². The van der Waals surface area contributed by atoms with Crippen LogP contribution in [-0.4, -0.2) is 21.7 Å². The first-order valence-electron chi connectivity index (χ1n) is 6.84. The number of hydrogen-bond acceptors (Lipinski definition) is 3. The van der Waals surface area contributed by atoms with Crippen LogP contribution in [0.25, 0.3) is 10.9 Å². The molecule has 0 amide bonds. The van der Waals surface area contributed by atoms with Crippen molar-refractivity contribution < 1.29 is 9.90 Å². The van der Waals surface area contributed by atoms with E-state index in [4.69, 9.17) is 5.11 Å². The van der Waals surface area contributed by atoms with Gasteiger partial charge in [-0.25, -0.2) is 5.43 Å². The molecule has 0 aliphatic carbocycles. The van der Waals surface area contributed by atoms with Gasteiger partial charge in [-0.1, -0.05) is 18.2 Å². The van der Waals surface area contributed by atoms with Gasteiger partial charge in [0, 0.05) is 29.7 Å². The van der Waals surface area contributed by atoms with Gasteiger partial charge in [0.15, 0.2) is 0 Å². The molecule has 2 atom stereocenters. The average molecular weight is 273 g/mol. The van der Waals surface area contributed by atoms with Crippen LogP contribution in [0.2, 0.25) is 0 Å². The van der Waals surface area contributed by atoms with E-state index in [1.54, 1.807) is 0 Å². The highest BCUT2D eigenvalue weighted by molar-refractivity contribution is 5.86. The molecule has 0 bridgehead atoms. The van der Waals surface area contributed by atoms with E-state index in [1.165, 1.54) is 22.2 Å². The normalized spacial score (nSPS) is 22.5. The highest BCUT2D eigenvalue weighted by Crippen LogP contribution is 2.34. The summed E-state index contributed by atoms with van der Waals surface area (Å²) in [5.41, 5.74) is 10.0. The number of nitrogens with zero attached hydrogens (tertiary/aromatic N) is 1. The third-order valence-corrected chi connectivity index (χ3v) is 4.20. The van der Waals surface area contributed by atoms with Crippen LogP contribution in [0.1, 0.15) is 30.1 Å². The topological polar surface area (TPSA) is 66.3 Å². The number of fused-ring (bicyclic) bond motifs is 1. The van der Waals surface area contributed by atoms with Crippen molar-refractivity contribution in [3.05, 3.63) is 35.5 Å². The lowest BCUT2D eigenvalue weighted by Crippen LogP contribution is -2.32. The van der Waals surface area contributed by atoms with Crippen molar-refractivity contribution in [2.45, 2.75) is 31.8 Å². The Morgan fingerprint density at radius 3 is 2.90 bits per heavy atom. The first kappa shape index (κ1) is 13.1. The Morgan fingerprint density at radius 1 is 1.40 bits per heavy atom. The van der Waals surface area contributed by atoms with Gasteiger partial charge in [0.05, 0.1) is 12.5 Å². The Bertz CT molecular complexity index is 662. The zero-order chi connectivity index (χ0) is 14.3. The molecule has 5 nitrogen and oxygen atoms in total. The lowest BCUT2D eigenvalue weighted by atomic mass is 9.98. The molecule has 1 saturated heterocycles. The molecule has 2 heterocycles. The minimum absolute atomic E-state index is 0.0177. The molecule has 106 valence electrons. The largest absolute Gasteiger partial charge is 0.481 e. The summed E-state index contributed by atoms with van der Waals surface area (Å²) >= 11 is 0. The van der Waals surface area contributed by atoms with Crippen LogP contribution in [0.5, 0.6) is 0 Å². The Labute approximate surface area is 117 Å². The molecule has 1 aromatic carbocycles. The maximum absolute atomic E-state index is 10.8. The third-order valence-electron chi connectivity index (χ3n) is 4.20. The Morgan fingerprint density at radius 2 is 2.15 bits per heavy atom. The Hall–Kier alpha value is -1.85. The maximum Gasteiger partial charge on any atom is 0.304 e. The van der Waals surface area contributed by atoms with E-state index in [1.807, 2.05) is 12.1 Å². The first-order chi connectivity index (χ1) is 9.58. The van der Waals surface area contributed by atoms with Crippen molar-refractivity contribution in [2.75, 3.05) is 0 Å². The highest BCUT2D eigenvalue weighted by atomic mass is 16.4. The van der Waals surface area contributed by atoms with Crippen LogP contribution >= 0.6 is 0 Å². The maximum atomic E-state index is 10.8. The lowest BCUT2D eigenvalue weighted by molar-refractivity contribution is -0.137. The van der Waals surface area contributed by atoms with Crippen molar-refractivity contribution in [3.8, 4) is 0 Å². The SMILES string of the molecule is Cc1c(C2CC(CC(=O)O)NN2)c2ccccc2n1C. The Kier molecular flexibility index (Phi) is 3.23. The predicted molar refractivity (Wildman–Crippen MR) is 77.3 cm³/mol. The van der Waals surface area contributed by atoms with Gasteiger partial charge < -0.3 is 9.67 Å². The van der Waals surface area contributed by atoms with Crippen LogP contribution in [0.4, 0.5) is 0 Å². The highest BCUT2D eigenvalue weighted by Gasteiger charge is 2.30. The molecular formula is C15H19N3O2. The van der Waals surface area contributed by atoms with E-state index in [9.17, 15) is 4.79 Å². The van der Waals surface area contributed by atoms with Gasteiger partial charge in [0.25, 0.3) is 0 Å². The number of carboxylic acids is 1. The molecule has 1 fully saturated rings. The fourth-order valence-corrected chi connectivity index (χ4v) is 3.15. The van der Waals surface area contributed by atoms with Crippen molar-refractivity contribution >= 4 is 16.9 Å². The number of carboxylic acid groups (broad SMARTS) is 1. The first-order valence-corrected chi connectivity index (χ1v) is 6.84. The Balaban J connectivity index is 1.95. The molecule has 2 aromatic rings. The molecular weight excluding hydrogens is 254 g/mol. The molecule has 0 saturated carbocycles. The number of aryl methyl sites for hydroxylation is 1. The minimum atomic E-state index is -0.764. The minimum Gasteiger partial charge on any atom is -0.481 e. The number of rotatable bonds is 3. The van der Waals surface area contributed by atoms with E-state index in [0.717, 1.165) is 6.42 Å². The van der Waals surface area contributed by atoms with Gasteiger partial charge >= 0.3 is 5.97 Å². The van der Waals surface area contributed by atoms with Gasteiger partial charge in [-0.15, -0.1) is 0 Å². The molecule has 0 spiro atoms. The van der Waals surface area contributed by atoms with Gasteiger partial charge in [0.1, 0.15) is 0 Å².